The van der Waals surface area contributed by atoms with E-state index < -0.39 is 6.10 Å². The number of fused-ring (bicyclic) bond motifs is 1. The quantitative estimate of drug-likeness (QED) is 0.672. The van der Waals surface area contributed by atoms with Crippen LogP contribution in [0.2, 0.25) is 5.02 Å². The van der Waals surface area contributed by atoms with Gasteiger partial charge in [-0.15, -0.1) is 0 Å². The Balaban J connectivity index is 2.36. The molecule has 0 amide bonds. The lowest BCUT2D eigenvalue weighted by Gasteiger charge is -2.13. The van der Waals surface area contributed by atoms with Gasteiger partial charge in [0, 0.05) is 15.2 Å². The van der Waals surface area contributed by atoms with Crippen molar-refractivity contribution in [3.8, 4) is 5.69 Å². The van der Waals surface area contributed by atoms with E-state index in [4.69, 9.17) is 17.3 Å². The molecule has 1 heterocycles. The first-order chi connectivity index (χ1) is 9.97. The van der Waals surface area contributed by atoms with Gasteiger partial charge in [0.05, 0.1) is 16.7 Å². The molecule has 3 aromatic rings. The number of nitrogens with two attached hydrogens (primary N) is 1. The van der Waals surface area contributed by atoms with Gasteiger partial charge in [0.1, 0.15) is 11.9 Å². The molecule has 0 saturated carbocycles. The van der Waals surface area contributed by atoms with Crippen molar-refractivity contribution in [3.05, 3.63) is 51.7 Å². The molecule has 4 nitrogen and oxygen atoms in total. The highest BCUT2D eigenvalue weighted by molar-refractivity contribution is 9.10. The summed E-state index contributed by atoms with van der Waals surface area (Å²) in [4.78, 5) is 4.49. The third-order valence-electron chi connectivity index (χ3n) is 3.23. The summed E-state index contributed by atoms with van der Waals surface area (Å²) >= 11 is 9.51. The molecule has 1 unspecified atom stereocenters. The number of benzene rings is 2. The molecule has 21 heavy (non-hydrogen) atoms. The van der Waals surface area contributed by atoms with Gasteiger partial charge in [0.2, 0.25) is 0 Å². The second-order valence-corrected chi connectivity index (χ2v) is 6.12. The highest BCUT2D eigenvalue weighted by atomic mass is 79.9. The van der Waals surface area contributed by atoms with Crippen LogP contribution in [-0.2, 0) is 0 Å². The fourth-order valence-corrected chi connectivity index (χ4v) is 3.17. The average Bonchev–Trinajstić information content (AvgIpc) is 2.77. The van der Waals surface area contributed by atoms with Crippen molar-refractivity contribution in [2.75, 3.05) is 5.73 Å². The molecule has 3 rings (SSSR count). The van der Waals surface area contributed by atoms with Gasteiger partial charge in [0.15, 0.2) is 0 Å². The molecule has 0 aliphatic rings. The van der Waals surface area contributed by atoms with E-state index in [0.29, 0.717) is 16.5 Å². The molecule has 1 aromatic heterocycles. The van der Waals surface area contributed by atoms with Gasteiger partial charge in [-0.25, -0.2) is 4.98 Å². The maximum Gasteiger partial charge on any atom is 0.143 e. The molecule has 0 saturated heterocycles. The van der Waals surface area contributed by atoms with Crippen molar-refractivity contribution >= 4 is 44.3 Å². The number of anilines is 1. The zero-order valence-electron chi connectivity index (χ0n) is 11.2. The van der Waals surface area contributed by atoms with Crippen molar-refractivity contribution in [1.29, 1.82) is 0 Å². The lowest BCUT2D eigenvalue weighted by Crippen LogP contribution is -2.05. The highest BCUT2D eigenvalue weighted by Gasteiger charge is 2.18. The number of nitrogens with zero attached hydrogens (tertiary/aromatic N) is 2. The van der Waals surface area contributed by atoms with Crippen LogP contribution in [-0.4, -0.2) is 14.7 Å². The molecule has 6 heteroatoms. The second kappa shape index (κ2) is 5.33. The largest absolute Gasteiger partial charge is 0.399 e. The Morgan fingerprint density at radius 3 is 2.71 bits per heavy atom. The van der Waals surface area contributed by atoms with Crippen LogP contribution in [0.4, 0.5) is 5.69 Å². The number of halogens is 2. The molecule has 0 radical (unpaired) electrons. The minimum Gasteiger partial charge on any atom is -0.399 e. The number of aliphatic hydroxyl groups is 1. The summed E-state index contributed by atoms with van der Waals surface area (Å²) in [5.41, 5.74) is 8.93. The van der Waals surface area contributed by atoms with Gasteiger partial charge >= 0.3 is 0 Å². The Labute approximate surface area is 135 Å². The van der Waals surface area contributed by atoms with Gasteiger partial charge in [-0.1, -0.05) is 11.6 Å². The lowest BCUT2D eigenvalue weighted by molar-refractivity contribution is 0.187. The average molecular weight is 367 g/mol. The van der Waals surface area contributed by atoms with Crippen LogP contribution in [0.25, 0.3) is 16.7 Å². The standard InChI is InChI=1S/C15H13BrClN3O/c1-8(21)15-19-12-7-10(18)3-5-14(12)20(15)13-4-2-9(17)6-11(13)16/h2-8,21H,18H2,1H3. The number of rotatable bonds is 2. The lowest BCUT2D eigenvalue weighted by atomic mass is 10.2. The van der Waals surface area contributed by atoms with Crippen molar-refractivity contribution in [1.82, 2.24) is 9.55 Å². The van der Waals surface area contributed by atoms with Crippen LogP contribution < -0.4 is 5.73 Å². The summed E-state index contributed by atoms with van der Waals surface area (Å²) < 4.78 is 2.73. The maximum atomic E-state index is 10.0. The molecule has 0 aliphatic heterocycles. The van der Waals surface area contributed by atoms with E-state index in [1.807, 2.05) is 28.8 Å². The van der Waals surface area contributed by atoms with E-state index in [1.54, 1.807) is 19.1 Å². The van der Waals surface area contributed by atoms with Crippen LogP contribution in [0.1, 0.15) is 18.9 Å². The molecule has 1 atom stereocenters. The summed E-state index contributed by atoms with van der Waals surface area (Å²) in [6.45, 7) is 1.69. The van der Waals surface area contributed by atoms with E-state index >= 15 is 0 Å². The third-order valence-corrected chi connectivity index (χ3v) is 4.10. The van der Waals surface area contributed by atoms with Crippen LogP contribution in [0.5, 0.6) is 0 Å². The van der Waals surface area contributed by atoms with E-state index in [1.165, 1.54) is 0 Å². The Hall–Kier alpha value is -1.56. The third kappa shape index (κ3) is 2.52. The van der Waals surface area contributed by atoms with E-state index in [-0.39, 0.29) is 0 Å². The van der Waals surface area contributed by atoms with E-state index in [9.17, 15) is 5.11 Å². The molecule has 0 aliphatic carbocycles. The zero-order chi connectivity index (χ0) is 15.1. The minimum absolute atomic E-state index is 0.554. The molecular weight excluding hydrogens is 354 g/mol. The van der Waals surface area contributed by atoms with Crippen molar-refractivity contribution < 1.29 is 5.11 Å². The fourth-order valence-electron chi connectivity index (χ4n) is 2.31. The van der Waals surface area contributed by atoms with Crippen LogP contribution >= 0.6 is 27.5 Å². The summed E-state index contributed by atoms with van der Waals surface area (Å²) in [5.74, 6) is 0.554. The normalized spacial score (nSPS) is 12.8. The first kappa shape index (κ1) is 14.4. The highest BCUT2D eigenvalue weighted by Crippen LogP contribution is 2.31. The van der Waals surface area contributed by atoms with Gasteiger partial charge in [-0.05, 0) is 59.3 Å². The van der Waals surface area contributed by atoms with E-state index in [0.717, 1.165) is 21.2 Å². The fraction of sp³-hybridized carbons (Fsp3) is 0.133. The Morgan fingerprint density at radius 1 is 1.29 bits per heavy atom. The van der Waals surface area contributed by atoms with Gasteiger partial charge < -0.3 is 10.8 Å². The van der Waals surface area contributed by atoms with Gasteiger partial charge in [-0.2, -0.15) is 0 Å². The monoisotopic (exact) mass is 365 g/mol. The predicted octanol–water partition coefficient (Wildman–Crippen LogP) is 4.08. The smallest absolute Gasteiger partial charge is 0.143 e. The maximum absolute atomic E-state index is 10.0. The number of aromatic nitrogens is 2. The summed E-state index contributed by atoms with van der Waals surface area (Å²) in [5, 5.41) is 10.7. The number of nitrogen functional groups attached to an aromatic ring is 1. The molecule has 3 N–H and O–H groups in total. The first-order valence-corrected chi connectivity index (χ1v) is 7.56. The number of aliphatic hydroxyl groups excluding tert-OH is 1. The zero-order valence-corrected chi connectivity index (χ0v) is 13.6. The van der Waals surface area contributed by atoms with Crippen LogP contribution in [0, 0.1) is 0 Å². The molecular formula is C15H13BrClN3O. The van der Waals surface area contributed by atoms with Gasteiger partial charge in [0.25, 0.3) is 0 Å². The minimum atomic E-state index is -0.707. The topological polar surface area (TPSA) is 64.1 Å². The summed E-state index contributed by atoms with van der Waals surface area (Å²) in [6, 6.07) is 11.0. The molecule has 2 aromatic carbocycles. The summed E-state index contributed by atoms with van der Waals surface area (Å²) in [7, 11) is 0. The molecule has 0 bridgehead atoms. The first-order valence-electron chi connectivity index (χ1n) is 6.38. The van der Waals surface area contributed by atoms with Crippen molar-refractivity contribution in [3.63, 3.8) is 0 Å². The Morgan fingerprint density at radius 2 is 2.05 bits per heavy atom. The molecule has 108 valence electrons. The molecule has 0 fully saturated rings. The number of hydrogen-bond acceptors (Lipinski definition) is 3. The van der Waals surface area contributed by atoms with Gasteiger partial charge in [-0.3, -0.25) is 4.57 Å². The number of hydrogen-bond donors (Lipinski definition) is 2. The second-order valence-electron chi connectivity index (χ2n) is 4.83. The van der Waals surface area contributed by atoms with E-state index in [2.05, 4.69) is 20.9 Å². The SMILES string of the molecule is CC(O)c1nc2cc(N)ccc2n1-c1ccc(Cl)cc1Br. The summed E-state index contributed by atoms with van der Waals surface area (Å²) in [6.07, 6.45) is -0.707. The Kier molecular flexibility index (Phi) is 3.65. The van der Waals surface area contributed by atoms with Crippen LogP contribution in [0.3, 0.4) is 0 Å². The van der Waals surface area contributed by atoms with Crippen molar-refractivity contribution in [2.24, 2.45) is 0 Å². The molecule has 0 spiro atoms. The van der Waals surface area contributed by atoms with Crippen LogP contribution in [0.15, 0.2) is 40.9 Å². The van der Waals surface area contributed by atoms with Crippen molar-refractivity contribution in [2.45, 2.75) is 13.0 Å². The number of imidazole rings is 1. The Bertz CT molecular complexity index is 829. The predicted molar refractivity (Wildman–Crippen MR) is 88.8 cm³/mol.